The second-order valence-electron chi connectivity index (χ2n) is 7.59. The molecule has 4 atom stereocenters. The molecule has 2 heterocycles. The Hall–Kier alpha value is -3.15. The van der Waals surface area contributed by atoms with E-state index in [1.165, 1.54) is 11.8 Å². The second-order valence-corrected chi connectivity index (χ2v) is 7.59. The molecule has 0 bridgehead atoms. The second kappa shape index (κ2) is 7.70. The van der Waals surface area contributed by atoms with Gasteiger partial charge >= 0.3 is 11.9 Å². The van der Waals surface area contributed by atoms with E-state index in [1.807, 2.05) is 67.6 Å². The number of nitrogens with zero attached hydrogens (tertiary/aromatic N) is 1. The molecule has 2 saturated heterocycles. The van der Waals surface area contributed by atoms with Crippen LogP contribution in [-0.2, 0) is 23.9 Å². The summed E-state index contributed by atoms with van der Waals surface area (Å²) in [5.41, 5.74) is 1.70. The lowest BCUT2D eigenvalue weighted by Gasteiger charge is -2.38. The molecule has 0 aliphatic carbocycles. The van der Waals surface area contributed by atoms with E-state index in [4.69, 9.17) is 9.47 Å². The first-order valence-electron chi connectivity index (χ1n) is 9.76. The van der Waals surface area contributed by atoms with Crippen LogP contribution < -0.4 is 0 Å². The van der Waals surface area contributed by atoms with Gasteiger partial charge in [0.1, 0.15) is 12.1 Å². The molecule has 0 N–H and O–H groups in total. The molecule has 150 valence electrons. The molecule has 0 radical (unpaired) electrons. The number of benzene rings is 2. The van der Waals surface area contributed by atoms with Gasteiger partial charge in [-0.05, 0) is 11.1 Å². The number of ether oxygens (including phenoxy) is 2. The minimum absolute atomic E-state index is 0.116. The first-order valence-corrected chi connectivity index (χ1v) is 9.76. The third-order valence-corrected chi connectivity index (χ3v) is 5.71. The average molecular weight is 393 g/mol. The Morgan fingerprint density at radius 2 is 1.55 bits per heavy atom. The van der Waals surface area contributed by atoms with Crippen molar-refractivity contribution in [1.82, 2.24) is 4.90 Å². The average Bonchev–Trinajstić information content (AvgIpc) is 2.94. The van der Waals surface area contributed by atoms with E-state index in [2.05, 4.69) is 0 Å². The number of fused-ring (bicyclic) bond motifs is 1. The van der Waals surface area contributed by atoms with E-state index in [0.717, 1.165) is 11.1 Å². The van der Waals surface area contributed by atoms with Gasteiger partial charge in [-0.25, -0.2) is 4.79 Å². The number of hydrogen-bond donors (Lipinski definition) is 0. The maximum atomic E-state index is 13.2. The number of carbonyl (C=O) groups is 3. The normalized spacial score (nSPS) is 25.3. The Morgan fingerprint density at radius 1 is 1.00 bits per heavy atom. The number of amides is 1. The van der Waals surface area contributed by atoms with E-state index in [9.17, 15) is 14.4 Å². The molecule has 2 aliphatic rings. The van der Waals surface area contributed by atoms with Gasteiger partial charge in [0.05, 0.1) is 12.5 Å². The van der Waals surface area contributed by atoms with Crippen molar-refractivity contribution in [3.8, 4) is 0 Å². The van der Waals surface area contributed by atoms with Crippen molar-refractivity contribution in [3.05, 3.63) is 71.8 Å². The van der Waals surface area contributed by atoms with E-state index >= 15 is 0 Å². The summed E-state index contributed by atoms with van der Waals surface area (Å²) in [6.07, 6.45) is -0.790. The third kappa shape index (κ3) is 3.50. The van der Waals surface area contributed by atoms with Gasteiger partial charge in [-0.15, -0.1) is 0 Å². The van der Waals surface area contributed by atoms with Crippen molar-refractivity contribution < 1.29 is 23.9 Å². The summed E-state index contributed by atoms with van der Waals surface area (Å²) < 4.78 is 11.4. The highest BCUT2D eigenvalue weighted by Gasteiger charge is 2.60. The van der Waals surface area contributed by atoms with Crippen LogP contribution in [-0.4, -0.2) is 40.9 Å². The maximum absolute atomic E-state index is 13.2. The fourth-order valence-electron chi connectivity index (χ4n) is 4.35. The first-order chi connectivity index (χ1) is 14.0. The van der Waals surface area contributed by atoms with Crippen molar-refractivity contribution in [3.63, 3.8) is 0 Å². The zero-order chi connectivity index (χ0) is 20.5. The van der Waals surface area contributed by atoms with E-state index < -0.39 is 30.2 Å². The molecule has 3 unspecified atom stereocenters. The number of β-lactam (4-membered cyclic amide) rings is 1. The standard InChI is InChI=1S/C23H23NO5/c1-14-20(24-18(13-19(24)26)21(14)28-15(2)25)23(27)29-22(16-9-5-3-6-10-16)17-11-7-4-8-12-17/h3-12,14,18,20-22H,13H2,1-2H3/t14?,18-,20?,21?/m0/s1. The quantitative estimate of drug-likeness (QED) is 0.577. The molecule has 6 heteroatoms. The number of rotatable bonds is 5. The van der Waals surface area contributed by atoms with E-state index in [1.54, 1.807) is 0 Å². The van der Waals surface area contributed by atoms with E-state index in [-0.39, 0.29) is 24.3 Å². The maximum Gasteiger partial charge on any atom is 0.330 e. The smallest absolute Gasteiger partial charge is 0.330 e. The molecule has 6 nitrogen and oxygen atoms in total. The minimum atomic E-state index is -0.763. The predicted octanol–water partition coefficient (Wildman–Crippen LogP) is 2.87. The molecular weight excluding hydrogens is 370 g/mol. The van der Waals surface area contributed by atoms with Gasteiger partial charge < -0.3 is 14.4 Å². The Balaban J connectivity index is 1.61. The molecule has 4 rings (SSSR count). The third-order valence-electron chi connectivity index (χ3n) is 5.71. The van der Waals surface area contributed by atoms with Gasteiger partial charge in [0.25, 0.3) is 0 Å². The Morgan fingerprint density at radius 3 is 2.03 bits per heavy atom. The van der Waals surface area contributed by atoms with Crippen molar-refractivity contribution in [1.29, 1.82) is 0 Å². The highest BCUT2D eigenvalue weighted by Crippen LogP contribution is 2.42. The fraction of sp³-hybridized carbons (Fsp3) is 0.348. The molecule has 2 aromatic rings. The lowest BCUT2D eigenvalue weighted by Crippen LogP contribution is -2.57. The lowest BCUT2D eigenvalue weighted by molar-refractivity contribution is -0.165. The largest absolute Gasteiger partial charge is 0.460 e. The van der Waals surface area contributed by atoms with Gasteiger partial charge in [0.15, 0.2) is 6.10 Å². The molecule has 2 aromatic carbocycles. The Kier molecular flexibility index (Phi) is 5.09. The van der Waals surface area contributed by atoms with Crippen LogP contribution in [0.4, 0.5) is 0 Å². The molecular formula is C23H23NO5. The zero-order valence-corrected chi connectivity index (χ0v) is 16.4. The summed E-state index contributed by atoms with van der Waals surface area (Å²) >= 11 is 0. The number of carbonyl (C=O) groups excluding carboxylic acids is 3. The van der Waals surface area contributed by atoms with Gasteiger partial charge in [-0.1, -0.05) is 67.6 Å². The Bertz CT molecular complexity index is 874. The summed E-state index contributed by atoms with van der Waals surface area (Å²) in [6, 6.07) is 18.0. The SMILES string of the molecule is CC(=O)OC1C(C)C(C(=O)OC(c2ccccc2)c2ccccc2)N2C(=O)C[C@@H]12. The van der Waals surface area contributed by atoms with Gasteiger partial charge in [-0.2, -0.15) is 0 Å². The summed E-state index contributed by atoms with van der Waals surface area (Å²) in [7, 11) is 0. The lowest BCUT2D eigenvalue weighted by atomic mass is 9.96. The predicted molar refractivity (Wildman–Crippen MR) is 105 cm³/mol. The van der Waals surface area contributed by atoms with Gasteiger partial charge in [0.2, 0.25) is 5.91 Å². The number of esters is 2. The molecule has 29 heavy (non-hydrogen) atoms. The van der Waals surface area contributed by atoms with Crippen molar-refractivity contribution >= 4 is 17.8 Å². The Labute approximate surface area is 169 Å². The van der Waals surface area contributed by atoms with Crippen LogP contribution >= 0.6 is 0 Å². The van der Waals surface area contributed by atoms with Crippen LogP contribution in [0.5, 0.6) is 0 Å². The van der Waals surface area contributed by atoms with Crippen LogP contribution in [0.25, 0.3) is 0 Å². The fourth-order valence-corrected chi connectivity index (χ4v) is 4.35. The molecule has 2 fully saturated rings. The molecule has 1 amide bonds. The highest BCUT2D eigenvalue weighted by atomic mass is 16.6. The van der Waals surface area contributed by atoms with Crippen molar-refractivity contribution in [2.75, 3.05) is 0 Å². The molecule has 0 aromatic heterocycles. The summed E-state index contributed by atoms with van der Waals surface area (Å²) in [5, 5.41) is 0. The van der Waals surface area contributed by atoms with Gasteiger partial charge in [0, 0.05) is 12.8 Å². The summed E-state index contributed by atoms with van der Waals surface area (Å²) in [6.45, 7) is 3.16. The number of hydrogen-bond acceptors (Lipinski definition) is 5. The van der Waals surface area contributed by atoms with Crippen LogP contribution in [0.15, 0.2) is 60.7 Å². The molecule has 0 spiro atoms. The van der Waals surface area contributed by atoms with Crippen LogP contribution in [0, 0.1) is 5.92 Å². The van der Waals surface area contributed by atoms with Crippen molar-refractivity contribution in [2.45, 2.75) is 44.6 Å². The van der Waals surface area contributed by atoms with Crippen LogP contribution in [0.3, 0.4) is 0 Å². The molecule has 0 saturated carbocycles. The summed E-state index contributed by atoms with van der Waals surface area (Å²) in [5.74, 6) is -1.35. The topological polar surface area (TPSA) is 72.9 Å². The van der Waals surface area contributed by atoms with Gasteiger partial charge in [-0.3, -0.25) is 9.59 Å². The molecule has 2 aliphatic heterocycles. The van der Waals surface area contributed by atoms with Crippen molar-refractivity contribution in [2.24, 2.45) is 5.92 Å². The minimum Gasteiger partial charge on any atom is -0.460 e. The first kappa shape index (κ1) is 19.2. The zero-order valence-electron chi connectivity index (χ0n) is 16.4. The van der Waals surface area contributed by atoms with Crippen LogP contribution in [0.2, 0.25) is 0 Å². The van der Waals surface area contributed by atoms with E-state index in [0.29, 0.717) is 0 Å². The highest BCUT2D eigenvalue weighted by molar-refractivity contribution is 5.91. The van der Waals surface area contributed by atoms with Crippen LogP contribution in [0.1, 0.15) is 37.5 Å². The monoisotopic (exact) mass is 393 g/mol. The summed E-state index contributed by atoms with van der Waals surface area (Å²) in [4.78, 5) is 38.4.